The molecule has 80 valence electrons. The first kappa shape index (κ1) is 13.2. The SMILES string of the molecule is CCCC(C)(CCl)C(C)CCOC. The summed E-state index contributed by atoms with van der Waals surface area (Å²) >= 11 is 6.02. The van der Waals surface area contributed by atoms with Crippen molar-refractivity contribution >= 4 is 11.6 Å². The standard InChI is InChI=1S/C11H23ClO/c1-5-7-11(3,9-12)10(2)6-8-13-4/h10H,5-9H2,1-4H3. The third-order valence-electron chi connectivity index (χ3n) is 3.07. The van der Waals surface area contributed by atoms with E-state index in [-0.39, 0.29) is 5.41 Å². The van der Waals surface area contributed by atoms with Gasteiger partial charge in [0.25, 0.3) is 0 Å². The van der Waals surface area contributed by atoms with Crippen molar-refractivity contribution in [3.8, 4) is 0 Å². The van der Waals surface area contributed by atoms with Gasteiger partial charge in [-0.3, -0.25) is 0 Å². The molecule has 0 N–H and O–H groups in total. The molecule has 1 nitrogen and oxygen atoms in total. The Balaban J connectivity index is 4.03. The van der Waals surface area contributed by atoms with Crippen LogP contribution in [0.3, 0.4) is 0 Å². The molecule has 0 aliphatic heterocycles. The Labute approximate surface area is 87.8 Å². The molecule has 0 aromatic carbocycles. The summed E-state index contributed by atoms with van der Waals surface area (Å²) < 4.78 is 5.09. The van der Waals surface area contributed by atoms with Gasteiger partial charge in [-0.1, -0.05) is 27.2 Å². The van der Waals surface area contributed by atoms with Crippen molar-refractivity contribution in [1.29, 1.82) is 0 Å². The van der Waals surface area contributed by atoms with E-state index in [1.165, 1.54) is 12.8 Å². The second kappa shape index (κ2) is 6.67. The average molecular weight is 207 g/mol. The van der Waals surface area contributed by atoms with Crippen molar-refractivity contribution in [3.63, 3.8) is 0 Å². The summed E-state index contributed by atoms with van der Waals surface area (Å²) in [7, 11) is 1.75. The topological polar surface area (TPSA) is 9.23 Å². The zero-order chi connectivity index (χ0) is 10.3. The van der Waals surface area contributed by atoms with Gasteiger partial charge in [0.2, 0.25) is 0 Å². The number of methoxy groups -OCH3 is 1. The summed E-state index contributed by atoms with van der Waals surface area (Å²) in [5.41, 5.74) is 0.287. The largest absolute Gasteiger partial charge is 0.385 e. The van der Waals surface area contributed by atoms with E-state index in [1.807, 2.05) is 0 Å². The normalized spacial score (nSPS) is 18.2. The van der Waals surface area contributed by atoms with E-state index < -0.39 is 0 Å². The molecule has 0 radical (unpaired) electrons. The van der Waals surface area contributed by atoms with Crippen LogP contribution in [0.1, 0.15) is 40.0 Å². The lowest BCUT2D eigenvalue weighted by Gasteiger charge is -2.33. The summed E-state index contributed by atoms with van der Waals surface area (Å²) in [5.74, 6) is 1.40. The molecule has 0 aromatic rings. The molecule has 0 saturated carbocycles. The molecule has 2 heteroatoms. The van der Waals surface area contributed by atoms with E-state index in [9.17, 15) is 0 Å². The Morgan fingerprint density at radius 2 is 2.08 bits per heavy atom. The molecule has 0 amide bonds. The molecule has 2 unspecified atom stereocenters. The zero-order valence-electron chi connectivity index (χ0n) is 9.40. The highest BCUT2D eigenvalue weighted by Crippen LogP contribution is 2.35. The number of rotatable bonds is 7. The van der Waals surface area contributed by atoms with Crippen LogP contribution in [0.5, 0.6) is 0 Å². The Bertz CT molecular complexity index is 127. The first-order chi connectivity index (χ1) is 6.10. The summed E-state index contributed by atoms with van der Waals surface area (Å²) in [6.45, 7) is 7.62. The average Bonchev–Trinajstić information content (AvgIpc) is 2.14. The van der Waals surface area contributed by atoms with Gasteiger partial charge in [0, 0.05) is 19.6 Å². The first-order valence-corrected chi connectivity index (χ1v) is 5.69. The van der Waals surface area contributed by atoms with Crippen LogP contribution >= 0.6 is 11.6 Å². The van der Waals surface area contributed by atoms with Gasteiger partial charge in [0.1, 0.15) is 0 Å². The maximum atomic E-state index is 6.02. The molecule has 0 heterocycles. The second-order valence-electron chi connectivity index (χ2n) is 4.22. The van der Waals surface area contributed by atoms with Gasteiger partial charge in [-0.15, -0.1) is 11.6 Å². The van der Waals surface area contributed by atoms with E-state index in [4.69, 9.17) is 16.3 Å². The summed E-state index contributed by atoms with van der Waals surface area (Å²) in [5, 5.41) is 0. The van der Waals surface area contributed by atoms with Crippen LogP contribution in [0.15, 0.2) is 0 Å². The molecule has 2 atom stereocenters. The van der Waals surface area contributed by atoms with E-state index in [0.717, 1.165) is 18.9 Å². The molecule has 0 aliphatic rings. The van der Waals surface area contributed by atoms with Crippen molar-refractivity contribution in [2.24, 2.45) is 11.3 Å². The van der Waals surface area contributed by atoms with Crippen molar-refractivity contribution < 1.29 is 4.74 Å². The number of ether oxygens (including phenoxy) is 1. The second-order valence-corrected chi connectivity index (χ2v) is 4.49. The fourth-order valence-electron chi connectivity index (χ4n) is 1.66. The molecule has 13 heavy (non-hydrogen) atoms. The molecular formula is C11H23ClO. The van der Waals surface area contributed by atoms with Gasteiger partial charge < -0.3 is 4.74 Å². The van der Waals surface area contributed by atoms with Gasteiger partial charge in [-0.25, -0.2) is 0 Å². The number of alkyl halides is 1. The van der Waals surface area contributed by atoms with Crippen LogP contribution in [0, 0.1) is 11.3 Å². The van der Waals surface area contributed by atoms with Gasteiger partial charge in [0.15, 0.2) is 0 Å². The van der Waals surface area contributed by atoms with Crippen LogP contribution in [0.4, 0.5) is 0 Å². The Morgan fingerprint density at radius 3 is 2.46 bits per heavy atom. The third-order valence-corrected chi connectivity index (χ3v) is 3.68. The van der Waals surface area contributed by atoms with Crippen LogP contribution in [0.25, 0.3) is 0 Å². The monoisotopic (exact) mass is 206 g/mol. The quantitative estimate of drug-likeness (QED) is 0.578. The van der Waals surface area contributed by atoms with E-state index >= 15 is 0 Å². The minimum absolute atomic E-state index is 0.287. The number of hydrogen-bond donors (Lipinski definition) is 0. The maximum absolute atomic E-state index is 6.02. The molecule has 0 rings (SSSR count). The summed E-state index contributed by atoms with van der Waals surface area (Å²) in [6, 6.07) is 0. The Kier molecular flexibility index (Phi) is 6.79. The Morgan fingerprint density at radius 1 is 1.46 bits per heavy atom. The van der Waals surface area contributed by atoms with E-state index in [2.05, 4.69) is 20.8 Å². The minimum atomic E-state index is 0.287. The van der Waals surface area contributed by atoms with E-state index in [1.54, 1.807) is 7.11 Å². The molecule has 0 bridgehead atoms. The van der Waals surface area contributed by atoms with Crippen LogP contribution in [-0.2, 0) is 4.74 Å². The fourth-order valence-corrected chi connectivity index (χ4v) is 2.06. The van der Waals surface area contributed by atoms with Crippen molar-refractivity contribution in [2.75, 3.05) is 19.6 Å². The molecule has 0 spiro atoms. The molecule has 0 aliphatic carbocycles. The first-order valence-electron chi connectivity index (χ1n) is 5.15. The summed E-state index contributed by atoms with van der Waals surface area (Å²) in [6.07, 6.45) is 3.53. The van der Waals surface area contributed by atoms with Crippen LogP contribution in [0.2, 0.25) is 0 Å². The number of halogens is 1. The van der Waals surface area contributed by atoms with Crippen LogP contribution < -0.4 is 0 Å². The van der Waals surface area contributed by atoms with Crippen molar-refractivity contribution in [1.82, 2.24) is 0 Å². The highest BCUT2D eigenvalue weighted by atomic mass is 35.5. The smallest absolute Gasteiger partial charge is 0.0465 e. The molecule has 0 aromatic heterocycles. The number of hydrogen-bond acceptors (Lipinski definition) is 1. The molecular weight excluding hydrogens is 184 g/mol. The zero-order valence-corrected chi connectivity index (χ0v) is 10.2. The predicted molar refractivity (Wildman–Crippen MR) is 59.4 cm³/mol. The van der Waals surface area contributed by atoms with Gasteiger partial charge in [-0.2, -0.15) is 0 Å². The minimum Gasteiger partial charge on any atom is -0.385 e. The lowest BCUT2D eigenvalue weighted by atomic mass is 9.75. The molecule has 0 saturated heterocycles. The van der Waals surface area contributed by atoms with Gasteiger partial charge >= 0.3 is 0 Å². The third kappa shape index (κ3) is 4.33. The van der Waals surface area contributed by atoms with Gasteiger partial charge in [-0.05, 0) is 24.2 Å². The predicted octanol–water partition coefficient (Wildman–Crippen LogP) is 3.70. The molecule has 0 fully saturated rings. The highest BCUT2D eigenvalue weighted by Gasteiger charge is 2.28. The fraction of sp³-hybridized carbons (Fsp3) is 1.00. The van der Waals surface area contributed by atoms with Crippen LogP contribution in [-0.4, -0.2) is 19.6 Å². The highest BCUT2D eigenvalue weighted by molar-refractivity contribution is 6.18. The maximum Gasteiger partial charge on any atom is 0.0465 e. The van der Waals surface area contributed by atoms with Crippen molar-refractivity contribution in [3.05, 3.63) is 0 Å². The Hall–Kier alpha value is 0.250. The van der Waals surface area contributed by atoms with Crippen molar-refractivity contribution in [2.45, 2.75) is 40.0 Å². The van der Waals surface area contributed by atoms with Gasteiger partial charge in [0.05, 0.1) is 0 Å². The lowest BCUT2D eigenvalue weighted by molar-refractivity contribution is 0.131. The lowest BCUT2D eigenvalue weighted by Crippen LogP contribution is -2.28. The summed E-state index contributed by atoms with van der Waals surface area (Å²) in [4.78, 5) is 0. The van der Waals surface area contributed by atoms with E-state index in [0.29, 0.717) is 5.92 Å².